The van der Waals surface area contributed by atoms with E-state index in [0.29, 0.717) is 11.4 Å². The molecule has 0 unspecified atom stereocenters. The zero-order valence-electron chi connectivity index (χ0n) is 19.8. The SMILES string of the molecule is COc1cc(NS(=O)(=O)c2ccc(NCc3cnc4nc(NC(C)=O)[nH]c(=O)c4n3)cc2)nc(OC)n1. The topological polar surface area (TPSA) is 203 Å². The molecule has 0 aliphatic rings. The maximum absolute atomic E-state index is 12.8. The molecule has 4 aromatic rings. The number of aromatic amines is 1. The molecule has 4 N–H and O–H groups in total. The molecule has 0 saturated carbocycles. The standard InChI is InChI=1S/C21H21N9O6S/c1-11(31)24-20-28-18-17(19(32)29-20)25-13(10-23-18)9-22-12-4-6-14(7-5-12)37(33,34)30-15-8-16(35-2)27-21(26-15)36-3/h4-8,10,22H,9H2,1-3H3,(H,26,27,30)(H2,23,24,28,29,31,32). The third-order valence-corrected chi connectivity index (χ3v) is 6.08. The highest BCUT2D eigenvalue weighted by atomic mass is 32.2. The van der Waals surface area contributed by atoms with Crippen molar-refractivity contribution in [2.24, 2.45) is 0 Å². The molecule has 3 aromatic heterocycles. The van der Waals surface area contributed by atoms with Crippen LogP contribution in [0.4, 0.5) is 17.5 Å². The number of nitrogens with one attached hydrogen (secondary N) is 4. The Bertz CT molecular complexity index is 1600. The van der Waals surface area contributed by atoms with Crippen molar-refractivity contribution in [3.05, 3.63) is 52.6 Å². The molecule has 37 heavy (non-hydrogen) atoms. The van der Waals surface area contributed by atoms with Gasteiger partial charge in [0.2, 0.25) is 17.7 Å². The van der Waals surface area contributed by atoms with Gasteiger partial charge in [-0.15, -0.1) is 0 Å². The summed E-state index contributed by atoms with van der Waals surface area (Å²) in [6.45, 7) is 1.48. The molecule has 0 aliphatic carbocycles. The second-order valence-corrected chi connectivity index (χ2v) is 9.08. The summed E-state index contributed by atoms with van der Waals surface area (Å²) < 4.78 is 37.9. The van der Waals surface area contributed by atoms with Crippen LogP contribution in [0.15, 0.2) is 46.2 Å². The van der Waals surface area contributed by atoms with E-state index in [9.17, 15) is 18.0 Å². The van der Waals surface area contributed by atoms with E-state index in [0.717, 1.165) is 0 Å². The van der Waals surface area contributed by atoms with Crippen LogP contribution in [0.2, 0.25) is 0 Å². The van der Waals surface area contributed by atoms with Gasteiger partial charge < -0.3 is 14.8 Å². The lowest BCUT2D eigenvalue weighted by Crippen LogP contribution is -2.18. The number of aromatic nitrogens is 6. The van der Waals surface area contributed by atoms with Crippen LogP contribution in [0, 0.1) is 0 Å². The van der Waals surface area contributed by atoms with Gasteiger partial charge >= 0.3 is 6.01 Å². The summed E-state index contributed by atoms with van der Waals surface area (Å²) in [6.07, 6.45) is 1.44. The number of methoxy groups -OCH3 is 2. The second kappa shape index (κ2) is 10.4. The highest BCUT2D eigenvalue weighted by Crippen LogP contribution is 2.21. The Hall–Kier alpha value is -4.86. The molecule has 0 atom stereocenters. The van der Waals surface area contributed by atoms with E-state index in [1.165, 1.54) is 45.5 Å². The molecule has 4 rings (SSSR count). The van der Waals surface area contributed by atoms with E-state index in [1.807, 2.05) is 0 Å². The van der Waals surface area contributed by atoms with Crippen LogP contribution in [0.1, 0.15) is 12.6 Å². The fourth-order valence-electron chi connectivity index (χ4n) is 3.06. The van der Waals surface area contributed by atoms with Gasteiger partial charge in [-0.1, -0.05) is 0 Å². The van der Waals surface area contributed by atoms with Crippen molar-refractivity contribution in [1.29, 1.82) is 0 Å². The van der Waals surface area contributed by atoms with Crippen molar-refractivity contribution in [2.75, 3.05) is 29.6 Å². The van der Waals surface area contributed by atoms with Gasteiger partial charge in [0.05, 0.1) is 37.6 Å². The van der Waals surface area contributed by atoms with E-state index in [1.54, 1.807) is 12.1 Å². The Balaban J connectivity index is 1.45. The maximum atomic E-state index is 12.8. The summed E-state index contributed by atoms with van der Waals surface area (Å²) >= 11 is 0. The molecular formula is C21H21N9O6S. The van der Waals surface area contributed by atoms with Gasteiger partial charge in [-0.2, -0.15) is 15.0 Å². The van der Waals surface area contributed by atoms with Gasteiger partial charge in [0.1, 0.15) is 0 Å². The lowest BCUT2D eigenvalue weighted by Gasteiger charge is -2.11. The molecule has 1 aromatic carbocycles. The van der Waals surface area contributed by atoms with E-state index in [4.69, 9.17) is 9.47 Å². The quantitative estimate of drug-likeness (QED) is 0.240. The number of ether oxygens (including phenoxy) is 2. The molecule has 0 saturated heterocycles. The molecule has 192 valence electrons. The first-order valence-corrected chi connectivity index (χ1v) is 12.0. The first-order chi connectivity index (χ1) is 17.7. The van der Waals surface area contributed by atoms with Crippen LogP contribution in [-0.4, -0.2) is 58.4 Å². The average Bonchev–Trinajstić information content (AvgIpc) is 2.87. The fourth-order valence-corrected chi connectivity index (χ4v) is 4.05. The minimum atomic E-state index is -3.96. The molecule has 0 aliphatic heterocycles. The zero-order chi connectivity index (χ0) is 26.6. The van der Waals surface area contributed by atoms with Crippen molar-refractivity contribution < 1.29 is 22.7 Å². The number of amides is 1. The first-order valence-electron chi connectivity index (χ1n) is 10.5. The lowest BCUT2D eigenvalue weighted by atomic mass is 10.3. The monoisotopic (exact) mass is 527 g/mol. The Morgan fingerprint density at radius 1 is 1.05 bits per heavy atom. The number of fused-ring (bicyclic) bond motifs is 1. The molecule has 3 heterocycles. The number of carbonyl (C=O) groups excluding carboxylic acids is 1. The van der Waals surface area contributed by atoms with Crippen LogP contribution in [0.3, 0.4) is 0 Å². The van der Waals surface area contributed by atoms with Crippen LogP contribution < -0.4 is 30.4 Å². The molecule has 0 bridgehead atoms. The van der Waals surface area contributed by atoms with E-state index in [-0.39, 0.29) is 52.2 Å². The third-order valence-electron chi connectivity index (χ3n) is 4.71. The zero-order valence-corrected chi connectivity index (χ0v) is 20.6. The molecular weight excluding hydrogens is 506 g/mol. The largest absolute Gasteiger partial charge is 0.481 e. The Kier molecular flexibility index (Phi) is 7.10. The first kappa shape index (κ1) is 25.2. The number of sulfonamides is 1. The smallest absolute Gasteiger partial charge is 0.321 e. The average molecular weight is 528 g/mol. The van der Waals surface area contributed by atoms with Gasteiger partial charge in [0, 0.05) is 18.7 Å². The number of rotatable bonds is 9. The highest BCUT2D eigenvalue weighted by Gasteiger charge is 2.17. The Morgan fingerprint density at radius 3 is 2.49 bits per heavy atom. The van der Waals surface area contributed by atoms with Gasteiger partial charge in [-0.3, -0.25) is 24.6 Å². The van der Waals surface area contributed by atoms with Crippen LogP contribution >= 0.6 is 0 Å². The molecule has 0 radical (unpaired) electrons. The third kappa shape index (κ3) is 6.04. The summed E-state index contributed by atoms with van der Waals surface area (Å²) in [5, 5.41) is 5.47. The predicted octanol–water partition coefficient (Wildman–Crippen LogP) is 0.892. The summed E-state index contributed by atoms with van der Waals surface area (Å²) in [5.41, 5.74) is 0.580. The minimum absolute atomic E-state index is 0.00678. The fraction of sp³-hybridized carbons (Fsp3) is 0.190. The number of nitrogens with zero attached hydrogens (tertiary/aromatic N) is 5. The Morgan fingerprint density at radius 2 is 1.81 bits per heavy atom. The lowest BCUT2D eigenvalue weighted by molar-refractivity contribution is -0.114. The number of hydrogen-bond donors (Lipinski definition) is 4. The number of hydrogen-bond acceptors (Lipinski definition) is 12. The number of carbonyl (C=O) groups is 1. The Labute approximate surface area is 209 Å². The van der Waals surface area contributed by atoms with E-state index >= 15 is 0 Å². The van der Waals surface area contributed by atoms with Crippen LogP contribution in [0.25, 0.3) is 11.2 Å². The van der Waals surface area contributed by atoms with E-state index in [2.05, 4.69) is 45.3 Å². The van der Waals surface area contributed by atoms with Crippen LogP contribution in [-0.2, 0) is 21.4 Å². The molecule has 16 heteroatoms. The number of H-pyrrole nitrogens is 1. The van der Waals surface area contributed by atoms with Gasteiger partial charge in [-0.05, 0) is 24.3 Å². The molecule has 1 amide bonds. The van der Waals surface area contributed by atoms with Gasteiger partial charge in [0.25, 0.3) is 15.6 Å². The summed E-state index contributed by atoms with van der Waals surface area (Å²) in [5.74, 6) is -0.297. The van der Waals surface area contributed by atoms with Gasteiger partial charge in [0.15, 0.2) is 17.0 Å². The molecule has 15 nitrogen and oxygen atoms in total. The predicted molar refractivity (Wildman–Crippen MR) is 132 cm³/mol. The molecule has 0 fully saturated rings. The van der Waals surface area contributed by atoms with E-state index < -0.39 is 15.6 Å². The van der Waals surface area contributed by atoms with Crippen molar-refractivity contribution in [3.63, 3.8) is 0 Å². The number of anilines is 3. The highest BCUT2D eigenvalue weighted by molar-refractivity contribution is 7.92. The number of benzene rings is 1. The summed E-state index contributed by atoms with van der Waals surface area (Å²) in [6, 6.07) is 7.22. The summed E-state index contributed by atoms with van der Waals surface area (Å²) in [4.78, 5) is 46.2. The minimum Gasteiger partial charge on any atom is -0.481 e. The van der Waals surface area contributed by atoms with Gasteiger partial charge in [-0.25, -0.2) is 18.4 Å². The van der Waals surface area contributed by atoms with Crippen molar-refractivity contribution in [2.45, 2.75) is 18.4 Å². The maximum Gasteiger partial charge on any atom is 0.321 e. The van der Waals surface area contributed by atoms with Crippen LogP contribution in [0.5, 0.6) is 11.9 Å². The molecule has 0 spiro atoms. The van der Waals surface area contributed by atoms with Crippen molar-refractivity contribution >= 4 is 44.5 Å². The van der Waals surface area contributed by atoms with Crippen molar-refractivity contribution in [1.82, 2.24) is 29.9 Å². The summed E-state index contributed by atoms with van der Waals surface area (Å²) in [7, 11) is -1.23. The normalized spacial score (nSPS) is 11.1. The second-order valence-electron chi connectivity index (χ2n) is 7.39. The van der Waals surface area contributed by atoms with Crippen molar-refractivity contribution in [3.8, 4) is 11.9 Å².